The molecule has 2 saturated heterocycles. The molecule has 8 heteroatoms. The van der Waals surface area contributed by atoms with Crippen molar-refractivity contribution in [1.29, 1.82) is 0 Å². The largest absolute Gasteiger partial charge is 0.331 e. The van der Waals surface area contributed by atoms with Gasteiger partial charge >= 0.3 is 0 Å². The Bertz CT molecular complexity index is 2160. The van der Waals surface area contributed by atoms with Crippen molar-refractivity contribution in [3.8, 4) is 0 Å². The van der Waals surface area contributed by atoms with E-state index in [-0.39, 0.29) is 23.9 Å². The van der Waals surface area contributed by atoms with Crippen molar-refractivity contribution in [2.24, 2.45) is 34.5 Å². The van der Waals surface area contributed by atoms with Crippen molar-refractivity contribution in [3.63, 3.8) is 0 Å². The lowest BCUT2D eigenvalue weighted by molar-refractivity contribution is -0.156. The number of carbonyl (C=O) groups excluding carboxylic acids is 2. The van der Waals surface area contributed by atoms with Crippen molar-refractivity contribution in [2.75, 3.05) is 0 Å². The average molecular weight is 937 g/mol. The summed E-state index contributed by atoms with van der Waals surface area (Å²) in [6.07, 6.45) is 16.6. The normalized spacial score (nSPS) is 28.2. The summed E-state index contributed by atoms with van der Waals surface area (Å²) in [5, 5.41) is 2.93. The number of nitrogens with zero attached hydrogens (tertiary/aromatic N) is 2. The highest BCUT2D eigenvalue weighted by Crippen LogP contribution is 2.59. The maximum absolute atomic E-state index is 14.3. The maximum atomic E-state index is 14.3. The van der Waals surface area contributed by atoms with Crippen molar-refractivity contribution in [3.05, 3.63) is 165 Å². The van der Waals surface area contributed by atoms with Crippen LogP contribution in [0.5, 0.6) is 0 Å². The lowest BCUT2D eigenvalue weighted by Crippen LogP contribution is -2.56. The van der Waals surface area contributed by atoms with E-state index < -0.39 is 10.8 Å². The molecular formula is C56H62Cl4N2O2. The number of benzene rings is 4. The molecule has 2 aliphatic heterocycles. The molecule has 4 aliphatic carbocycles. The van der Waals surface area contributed by atoms with E-state index in [0.717, 1.165) is 32.9 Å². The number of piperidine rings is 2. The lowest BCUT2D eigenvalue weighted by Gasteiger charge is -2.52. The van der Waals surface area contributed by atoms with Crippen LogP contribution in [0.4, 0.5) is 0 Å². The summed E-state index contributed by atoms with van der Waals surface area (Å²) in [6.45, 7) is 12.3. The third-order valence-corrected chi connectivity index (χ3v) is 16.4. The van der Waals surface area contributed by atoms with Gasteiger partial charge in [-0.2, -0.15) is 0 Å². The van der Waals surface area contributed by atoms with Crippen LogP contribution in [0.15, 0.2) is 122 Å². The Labute approximate surface area is 401 Å². The highest BCUT2D eigenvalue weighted by molar-refractivity contribution is 6.31. The minimum atomic E-state index is -0.459. The number of rotatable bonds is 14. The average Bonchev–Trinajstić information content (AvgIpc) is 4.06. The Kier molecular flexibility index (Phi) is 13.3. The molecular weight excluding hydrogens is 874 g/mol. The molecule has 4 aromatic carbocycles. The van der Waals surface area contributed by atoms with Gasteiger partial charge < -0.3 is 9.80 Å². The van der Waals surface area contributed by atoms with E-state index in [2.05, 4.69) is 85.3 Å². The van der Waals surface area contributed by atoms with Crippen LogP contribution >= 0.6 is 46.4 Å². The lowest BCUT2D eigenvalue weighted by atomic mass is 9.66. The molecule has 6 aliphatic rings. The summed E-state index contributed by atoms with van der Waals surface area (Å²) >= 11 is 25.4. The van der Waals surface area contributed by atoms with Crippen molar-refractivity contribution in [2.45, 2.75) is 127 Å². The molecule has 6 atom stereocenters. The van der Waals surface area contributed by atoms with Crippen molar-refractivity contribution < 1.29 is 9.59 Å². The quantitative estimate of drug-likeness (QED) is 0.118. The number of carbonyl (C=O) groups is 2. The predicted molar refractivity (Wildman–Crippen MR) is 264 cm³/mol. The Morgan fingerprint density at radius 1 is 0.516 bits per heavy atom. The molecule has 64 heavy (non-hydrogen) atoms. The zero-order valence-corrected chi connectivity index (χ0v) is 40.3. The molecule has 4 saturated carbocycles. The zero-order valence-electron chi connectivity index (χ0n) is 37.3. The molecule has 2 heterocycles. The molecule has 10 rings (SSSR count). The van der Waals surface area contributed by atoms with E-state index in [4.69, 9.17) is 46.4 Å². The monoisotopic (exact) mass is 934 g/mol. The van der Waals surface area contributed by atoms with Crippen LogP contribution in [0.25, 0.3) is 0 Å². The second-order valence-electron chi connectivity index (χ2n) is 20.6. The van der Waals surface area contributed by atoms with Gasteiger partial charge in [-0.05, 0) is 172 Å². The van der Waals surface area contributed by atoms with Crippen LogP contribution in [-0.4, -0.2) is 33.7 Å². The minimum absolute atomic E-state index is 0.0117. The zero-order chi connectivity index (χ0) is 44.9. The van der Waals surface area contributed by atoms with Crippen LogP contribution in [0.3, 0.4) is 0 Å². The first-order chi connectivity index (χ1) is 30.8. The summed E-state index contributed by atoms with van der Waals surface area (Å²) in [6, 6.07) is 33.3. The standard InChI is InChI=1S/2C28H31Cl2NO/c2*1-3-15-28(2)17-24(21-5-4-6-23(30)16-21)26(20-11-13-22(29)14-12-20)31(27(28)32)25(18-7-8-18)19-9-10-19/h2*3-6,11-14,16,18-19,24-26H,1,7-10,15,17H2,2H3/t24-,26?,28+;24-,26?,28-/m11/s1. The van der Waals surface area contributed by atoms with Gasteiger partial charge in [-0.15, -0.1) is 13.2 Å². The first kappa shape index (κ1) is 45.6. The smallest absolute Gasteiger partial charge is 0.229 e. The van der Waals surface area contributed by atoms with Gasteiger partial charge in [0, 0.05) is 44.0 Å². The van der Waals surface area contributed by atoms with Gasteiger partial charge in [-0.25, -0.2) is 0 Å². The van der Waals surface area contributed by atoms with E-state index in [1.54, 1.807) is 0 Å². The number of likely N-dealkylation sites (tertiary alicyclic amines) is 2. The maximum Gasteiger partial charge on any atom is 0.229 e. The van der Waals surface area contributed by atoms with E-state index >= 15 is 0 Å². The fourth-order valence-corrected chi connectivity index (χ4v) is 12.5. The van der Waals surface area contributed by atoms with Crippen LogP contribution in [0.1, 0.15) is 137 Å². The van der Waals surface area contributed by atoms with Gasteiger partial charge in [0.2, 0.25) is 11.8 Å². The molecule has 0 radical (unpaired) electrons. The van der Waals surface area contributed by atoms with Crippen molar-refractivity contribution in [1.82, 2.24) is 9.80 Å². The van der Waals surface area contributed by atoms with Crippen molar-refractivity contribution >= 4 is 58.2 Å². The molecule has 336 valence electrons. The van der Waals surface area contributed by atoms with Crippen LogP contribution in [-0.2, 0) is 9.59 Å². The summed E-state index contributed by atoms with van der Waals surface area (Å²) in [4.78, 5) is 33.2. The van der Waals surface area contributed by atoms with E-state index in [0.29, 0.717) is 60.4 Å². The number of hydrogen-bond acceptors (Lipinski definition) is 2. The highest BCUT2D eigenvalue weighted by atomic mass is 35.5. The highest BCUT2D eigenvalue weighted by Gasteiger charge is 2.58. The molecule has 0 aromatic heterocycles. The summed E-state index contributed by atoms with van der Waals surface area (Å²) in [5.41, 5.74) is 3.82. The predicted octanol–water partition coefficient (Wildman–Crippen LogP) is 15.6. The van der Waals surface area contributed by atoms with Gasteiger partial charge in [0.25, 0.3) is 0 Å². The van der Waals surface area contributed by atoms with E-state index in [1.807, 2.05) is 60.7 Å². The second-order valence-corrected chi connectivity index (χ2v) is 22.3. The number of allylic oxidation sites excluding steroid dienone is 2. The third-order valence-electron chi connectivity index (χ3n) is 15.4. The van der Waals surface area contributed by atoms with Crippen LogP contribution in [0.2, 0.25) is 20.1 Å². The molecule has 6 fully saturated rings. The molecule has 4 aromatic rings. The van der Waals surface area contributed by atoms with Gasteiger partial charge in [-0.3, -0.25) is 9.59 Å². The van der Waals surface area contributed by atoms with Crippen LogP contribution in [0, 0.1) is 34.5 Å². The molecule has 0 N–H and O–H groups in total. The van der Waals surface area contributed by atoms with Gasteiger partial charge in [0.15, 0.2) is 0 Å². The number of hydrogen-bond donors (Lipinski definition) is 0. The number of halogens is 4. The fourth-order valence-electron chi connectivity index (χ4n) is 11.9. The molecule has 0 bridgehead atoms. The third kappa shape index (κ3) is 9.51. The molecule has 2 unspecified atom stereocenters. The molecule has 4 nitrogen and oxygen atoms in total. The van der Waals surface area contributed by atoms with Gasteiger partial charge in [0.1, 0.15) is 0 Å². The van der Waals surface area contributed by atoms with E-state index in [1.165, 1.54) is 73.6 Å². The minimum Gasteiger partial charge on any atom is -0.331 e. The first-order valence-electron chi connectivity index (χ1n) is 23.7. The van der Waals surface area contributed by atoms with Gasteiger partial charge in [-0.1, -0.05) is 121 Å². The summed E-state index contributed by atoms with van der Waals surface area (Å²) < 4.78 is 0. The summed E-state index contributed by atoms with van der Waals surface area (Å²) in [5.74, 6) is 3.44. The van der Waals surface area contributed by atoms with E-state index in [9.17, 15) is 9.59 Å². The topological polar surface area (TPSA) is 40.6 Å². The Hall–Kier alpha value is -3.54. The van der Waals surface area contributed by atoms with Gasteiger partial charge in [0.05, 0.1) is 22.9 Å². The van der Waals surface area contributed by atoms with Crippen LogP contribution < -0.4 is 0 Å². The Balaban J connectivity index is 0.000000162. The Morgan fingerprint density at radius 2 is 0.844 bits per heavy atom. The second kappa shape index (κ2) is 18.6. The molecule has 2 amide bonds. The number of amides is 2. The Morgan fingerprint density at radius 3 is 1.12 bits per heavy atom. The fraction of sp³-hybridized carbons (Fsp3) is 0.464. The first-order valence-corrected chi connectivity index (χ1v) is 25.2. The SMILES string of the molecule is C=CC[C@@]1(C)C[C@H](c2cccc(Cl)c2)C(c2ccc(Cl)cc2)N(C(C2CC2)C2CC2)C1=O.C=CC[C@]1(C)C[C@H](c2cccc(Cl)c2)C(c2ccc(Cl)cc2)N(C(C2CC2)C2CC2)C1=O. The summed E-state index contributed by atoms with van der Waals surface area (Å²) in [7, 11) is 0. The molecule has 0 spiro atoms.